The van der Waals surface area contributed by atoms with Crippen molar-refractivity contribution in [2.75, 3.05) is 5.32 Å². The van der Waals surface area contributed by atoms with Gasteiger partial charge in [-0.1, -0.05) is 0 Å². The SMILES string of the molecule is Cc1cc(Oc2ccc(NC(=O)c3cncc(F)c3)cc2)n[nH]1. The first-order valence-corrected chi connectivity index (χ1v) is 6.82. The monoisotopic (exact) mass is 312 g/mol. The second-order valence-corrected chi connectivity index (χ2v) is 4.86. The van der Waals surface area contributed by atoms with Gasteiger partial charge in [0, 0.05) is 23.6 Å². The summed E-state index contributed by atoms with van der Waals surface area (Å²) in [6.45, 7) is 1.87. The molecular weight excluding hydrogens is 299 g/mol. The molecule has 6 nitrogen and oxygen atoms in total. The standard InChI is InChI=1S/C16H13FN4O2/c1-10-6-15(21-20-10)23-14-4-2-13(3-5-14)19-16(22)11-7-12(17)9-18-8-11/h2-9H,1H3,(H,19,22)(H,20,21). The molecular formula is C16H13FN4O2. The highest BCUT2D eigenvalue weighted by Gasteiger charge is 2.08. The summed E-state index contributed by atoms with van der Waals surface area (Å²) in [7, 11) is 0. The lowest BCUT2D eigenvalue weighted by Crippen LogP contribution is -2.12. The number of nitrogens with zero attached hydrogens (tertiary/aromatic N) is 2. The van der Waals surface area contributed by atoms with Crippen molar-refractivity contribution in [2.24, 2.45) is 0 Å². The first-order chi connectivity index (χ1) is 11.1. The number of amides is 1. The van der Waals surface area contributed by atoms with Crippen LogP contribution in [0.5, 0.6) is 11.6 Å². The van der Waals surface area contributed by atoms with Crippen LogP contribution >= 0.6 is 0 Å². The van der Waals surface area contributed by atoms with Crippen molar-refractivity contribution >= 4 is 11.6 Å². The van der Waals surface area contributed by atoms with Gasteiger partial charge in [-0.3, -0.25) is 14.9 Å². The van der Waals surface area contributed by atoms with Crippen LogP contribution in [0, 0.1) is 12.7 Å². The molecule has 0 aliphatic heterocycles. The molecule has 0 unspecified atom stereocenters. The van der Waals surface area contributed by atoms with Crippen molar-refractivity contribution in [1.29, 1.82) is 0 Å². The zero-order chi connectivity index (χ0) is 16.2. The Kier molecular flexibility index (Phi) is 4.01. The van der Waals surface area contributed by atoms with Crippen molar-refractivity contribution in [3.63, 3.8) is 0 Å². The lowest BCUT2D eigenvalue weighted by atomic mass is 10.2. The van der Waals surface area contributed by atoms with E-state index in [1.807, 2.05) is 6.92 Å². The van der Waals surface area contributed by atoms with Crippen molar-refractivity contribution in [3.05, 3.63) is 65.9 Å². The molecule has 0 aliphatic carbocycles. The molecule has 2 aromatic heterocycles. The van der Waals surface area contributed by atoms with Gasteiger partial charge in [0.05, 0.1) is 11.8 Å². The quantitative estimate of drug-likeness (QED) is 0.774. The van der Waals surface area contributed by atoms with Gasteiger partial charge >= 0.3 is 0 Å². The number of aryl methyl sites for hydroxylation is 1. The van der Waals surface area contributed by atoms with Gasteiger partial charge in [0.1, 0.15) is 11.6 Å². The molecule has 0 saturated carbocycles. The van der Waals surface area contributed by atoms with Crippen LogP contribution in [0.1, 0.15) is 16.1 Å². The highest BCUT2D eigenvalue weighted by atomic mass is 19.1. The van der Waals surface area contributed by atoms with Crippen LogP contribution in [0.15, 0.2) is 48.8 Å². The van der Waals surface area contributed by atoms with Crippen LogP contribution in [0.3, 0.4) is 0 Å². The van der Waals surface area contributed by atoms with Crippen molar-refractivity contribution in [1.82, 2.24) is 15.2 Å². The zero-order valence-corrected chi connectivity index (χ0v) is 12.2. The second-order valence-electron chi connectivity index (χ2n) is 4.86. The van der Waals surface area contributed by atoms with E-state index in [1.54, 1.807) is 30.3 Å². The van der Waals surface area contributed by atoms with Gasteiger partial charge in [-0.15, -0.1) is 5.10 Å². The van der Waals surface area contributed by atoms with Gasteiger partial charge in [0.15, 0.2) is 0 Å². The summed E-state index contributed by atoms with van der Waals surface area (Å²) in [5.41, 5.74) is 1.61. The highest BCUT2D eigenvalue weighted by Crippen LogP contribution is 2.22. The number of carbonyl (C=O) groups excluding carboxylic acids is 1. The van der Waals surface area contributed by atoms with Crippen LogP contribution in [0.2, 0.25) is 0 Å². The Hall–Kier alpha value is -3.22. The zero-order valence-electron chi connectivity index (χ0n) is 12.2. The lowest BCUT2D eigenvalue weighted by molar-refractivity contribution is 0.102. The number of anilines is 1. The maximum Gasteiger partial charge on any atom is 0.257 e. The number of nitrogens with one attached hydrogen (secondary N) is 2. The van der Waals surface area contributed by atoms with Crippen molar-refractivity contribution < 1.29 is 13.9 Å². The van der Waals surface area contributed by atoms with Crippen LogP contribution in [-0.2, 0) is 0 Å². The van der Waals surface area contributed by atoms with Crippen LogP contribution in [0.25, 0.3) is 0 Å². The molecule has 0 bridgehead atoms. The normalized spacial score (nSPS) is 10.3. The summed E-state index contributed by atoms with van der Waals surface area (Å²) >= 11 is 0. The van der Waals surface area contributed by atoms with Crippen LogP contribution < -0.4 is 10.1 Å². The summed E-state index contributed by atoms with van der Waals surface area (Å²) in [6, 6.07) is 9.65. The fraction of sp³-hybridized carbons (Fsp3) is 0.0625. The van der Waals surface area contributed by atoms with E-state index in [0.717, 1.165) is 18.0 Å². The second kappa shape index (κ2) is 6.27. The summed E-state index contributed by atoms with van der Waals surface area (Å²) in [6.07, 6.45) is 2.34. The molecule has 23 heavy (non-hydrogen) atoms. The average molecular weight is 312 g/mol. The van der Waals surface area contributed by atoms with E-state index in [2.05, 4.69) is 20.5 Å². The smallest absolute Gasteiger partial charge is 0.257 e. The minimum atomic E-state index is -0.560. The molecule has 0 radical (unpaired) electrons. The van der Waals surface area contributed by atoms with E-state index in [4.69, 9.17) is 4.74 Å². The number of aromatic amines is 1. The number of ether oxygens (including phenoxy) is 1. The number of hydrogen-bond donors (Lipinski definition) is 2. The molecule has 1 amide bonds. The fourth-order valence-corrected chi connectivity index (χ4v) is 1.91. The number of rotatable bonds is 4. The molecule has 116 valence electrons. The number of pyridine rings is 1. The number of hydrogen-bond acceptors (Lipinski definition) is 4. The van der Waals surface area contributed by atoms with Gasteiger partial charge < -0.3 is 10.1 Å². The first-order valence-electron chi connectivity index (χ1n) is 6.82. The molecule has 2 heterocycles. The summed E-state index contributed by atoms with van der Waals surface area (Å²) < 4.78 is 18.6. The molecule has 0 saturated heterocycles. The minimum absolute atomic E-state index is 0.150. The number of H-pyrrole nitrogens is 1. The van der Waals surface area contributed by atoms with Crippen LogP contribution in [0.4, 0.5) is 10.1 Å². The number of carbonyl (C=O) groups is 1. The molecule has 3 rings (SSSR count). The van der Waals surface area contributed by atoms with Gasteiger partial charge in [0.25, 0.3) is 5.91 Å². The van der Waals surface area contributed by atoms with Gasteiger partial charge in [-0.05, 0) is 37.3 Å². The first kappa shape index (κ1) is 14.7. The molecule has 0 atom stereocenters. The summed E-state index contributed by atoms with van der Waals surface area (Å²) in [4.78, 5) is 15.6. The Morgan fingerprint density at radius 2 is 2.00 bits per heavy atom. The third kappa shape index (κ3) is 3.70. The third-order valence-electron chi connectivity index (χ3n) is 2.98. The molecule has 1 aromatic carbocycles. The number of halogens is 1. The van der Waals surface area contributed by atoms with E-state index in [0.29, 0.717) is 17.3 Å². The third-order valence-corrected chi connectivity index (χ3v) is 2.98. The van der Waals surface area contributed by atoms with Gasteiger partial charge in [-0.25, -0.2) is 4.39 Å². The number of benzene rings is 1. The van der Waals surface area contributed by atoms with Gasteiger partial charge in [0.2, 0.25) is 5.88 Å². The Labute approximate surface area is 131 Å². The predicted molar refractivity (Wildman–Crippen MR) is 82.0 cm³/mol. The van der Waals surface area contributed by atoms with Crippen LogP contribution in [-0.4, -0.2) is 21.1 Å². The average Bonchev–Trinajstić information content (AvgIpc) is 2.94. The van der Waals surface area contributed by atoms with E-state index in [9.17, 15) is 9.18 Å². The Bertz CT molecular complexity index is 830. The fourth-order valence-electron chi connectivity index (χ4n) is 1.91. The van der Waals surface area contributed by atoms with Gasteiger partial charge in [-0.2, -0.15) is 0 Å². The molecule has 3 aromatic rings. The van der Waals surface area contributed by atoms with Crippen molar-refractivity contribution in [2.45, 2.75) is 6.92 Å². The maximum absolute atomic E-state index is 13.1. The summed E-state index contributed by atoms with van der Waals surface area (Å²) in [5, 5.41) is 9.41. The Morgan fingerprint density at radius 3 is 2.65 bits per heavy atom. The largest absolute Gasteiger partial charge is 0.438 e. The lowest BCUT2D eigenvalue weighted by Gasteiger charge is -2.06. The molecule has 0 spiro atoms. The topological polar surface area (TPSA) is 79.9 Å². The Balaban J connectivity index is 1.66. The Morgan fingerprint density at radius 1 is 1.22 bits per heavy atom. The van der Waals surface area contributed by atoms with Crippen molar-refractivity contribution in [3.8, 4) is 11.6 Å². The minimum Gasteiger partial charge on any atom is -0.438 e. The van der Waals surface area contributed by atoms with E-state index in [-0.39, 0.29) is 5.56 Å². The van der Waals surface area contributed by atoms with E-state index >= 15 is 0 Å². The summed E-state index contributed by atoms with van der Waals surface area (Å²) in [5.74, 6) is 0.0522. The molecule has 2 N–H and O–H groups in total. The molecule has 7 heteroatoms. The highest BCUT2D eigenvalue weighted by molar-refractivity contribution is 6.04. The number of aromatic nitrogens is 3. The molecule has 0 fully saturated rings. The maximum atomic E-state index is 13.1. The molecule has 0 aliphatic rings. The van der Waals surface area contributed by atoms with E-state index < -0.39 is 11.7 Å². The predicted octanol–water partition coefficient (Wildman–Crippen LogP) is 3.30. The van der Waals surface area contributed by atoms with E-state index in [1.165, 1.54) is 6.20 Å².